The second kappa shape index (κ2) is 9.23. The third kappa shape index (κ3) is 6.12. The molecule has 0 amide bonds. The first kappa shape index (κ1) is 15.3. The van der Waals surface area contributed by atoms with Crippen LogP contribution in [0, 0.1) is 5.92 Å². The van der Waals surface area contributed by atoms with E-state index in [1.165, 1.54) is 56.7 Å². The predicted molar refractivity (Wildman–Crippen MR) is 79.7 cm³/mol. The monoisotopic (exact) mass is 258 g/mol. The van der Waals surface area contributed by atoms with Gasteiger partial charge in [-0.3, -0.25) is 4.90 Å². The van der Waals surface area contributed by atoms with E-state index < -0.39 is 0 Å². The van der Waals surface area contributed by atoms with Crippen molar-refractivity contribution in [2.45, 2.75) is 52.0 Å². The van der Waals surface area contributed by atoms with E-state index in [2.05, 4.69) is 30.5 Å². The summed E-state index contributed by atoms with van der Waals surface area (Å²) in [5.74, 6) is 3.52. The molecule has 2 atom stereocenters. The van der Waals surface area contributed by atoms with Crippen molar-refractivity contribution in [3.63, 3.8) is 0 Å². The maximum atomic E-state index is 5.68. The minimum absolute atomic E-state index is 0.785. The van der Waals surface area contributed by atoms with Crippen LogP contribution in [0.5, 0.6) is 0 Å². The zero-order valence-corrected chi connectivity index (χ0v) is 12.5. The van der Waals surface area contributed by atoms with E-state index in [1.807, 2.05) is 0 Å². The van der Waals surface area contributed by atoms with E-state index in [9.17, 15) is 0 Å². The Balaban J connectivity index is 2.15. The largest absolute Gasteiger partial charge is 0.330 e. The van der Waals surface area contributed by atoms with Crippen LogP contribution in [-0.2, 0) is 0 Å². The van der Waals surface area contributed by atoms with Gasteiger partial charge in [0.1, 0.15) is 0 Å². The summed E-state index contributed by atoms with van der Waals surface area (Å²) in [6, 6.07) is 0.785. The zero-order valence-electron chi connectivity index (χ0n) is 11.7. The van der Waals surface area contributed by atoms with Crippen LogP contribution in [0.2, 0.25) is 0 Å². The molecule has 2 N–H and O–H groups in total. The lowest BCUT2D eigenvalue weighted by molar-refractivity contribution is 0.220. The number of hydrogen-bond donors (Lipinski definition) is 1. The average molecular weight is 258 g/mol. The molecule has 1 aliphatic rings. The second-order valence-electron chi connectivity index (χ2n) is 5.33. The summed E-state index contributed by atoms with van der Waals surface area (Å²) in [6.07, 6.45) is 6.63. The van der Waals surface area contributed by atoms with Crippen molar-refractivity contribution in [3.8, 4) is 0 Å². The van der Waals surface area contributed by atoms with Crippen molar-refractivity contribution < 1.29 is 0 Å². The standard InChI is InChI=1S/C14H30N2S/c1-3-5-14(7-8-15)6-4-9-16-10-11-17-12-13(16)2/h13-14H,3-12,15H2,1-2H3. The topological polar surface area (TPSA) is 29.3 Å². The van der Waals surface area contributed by atoms with Crippen molar-refractivity contribution in [3.05, 3.63) is 0 Å². The summed E-state index contributed by atoms with van der Waals surface area (Å²) in [4.78, 5) is 2.67. The molecule has 1 saturated heterocycles. The Morgan fingerprint density at radius 1 is 1.35 bits per heavy atom. The SMILES string of the molecule is CCCC(CCN)CCCN1CCSCC1C. The molecule has 2 unspecified atom stereocenters. The molecule has 17 heavy (non-hydrogen) atoms. The molecule has 1 rings (SSSR count). The summed E-state index contributed by atoms with van der Waals surface area (Å²) in [7, 11) is 0. The van der Waals surface area contributed by atoms with Crippen molar-refractivity contribution in [1.29, 1.82) is 0 Å². The molecule has 1 heterocycles. The van der Waals surface area contributed by atoms with E-state index in [0.717, 1.165) is 18.5 Å². The first-order chi connectivity index (χ1) is 8.27. The van der Waals surface area contributed by atoms with Crippen LogP contribution in [0.1, 0.15) is 46.0 Å². The van der Waals surface area contributed by atoms with Crippen LogP contribution in [0.15, 0.2) is 0 Å². The Hall–Kier alpha value is 0.270. The highest BCUT2D eigenvalue weighted by Gasteiger charge is 2.18. The third-order valence-corrected chi connectivity index (χ3v) is 5.02. The Kier molecular flexibility index (Phi) is 8.33. The molecule has 3 heteroatoms. The van der Waals surface area contributed by atoms with Crippen molar-refractivity contribution in [1.82, 2.24) is 4.90 Å². The highest BCUT2D eigenvalue weighted by atomic mass is 32.2. The van der Waals surface area contributed by atoms with Gasteiger partial charge in [-0.25, -0.2) is 0 Å². The summed E-state index contributed by atoms with van der Waals surface area (Å²) in [5.41, 5.74) is 5.68. The van der Waals surface area contributed by atoms with Gasteiger partial charge in [0.2, 0.25) is 0 Å². The molecule has 0 aromatic rings. The molecular weight excluding hydrogens is 228 g/mol. The van der Waals surface area contributed by atoms with Gasteiger partial charge in [-0.1, -0.05) is 19.8 Å². The predicted octanol–water partition coefficient (Wildman–Crippen LogP) is 2.97. The normalized spacial score (nSPS) is 23.8. The van der Waals surface area contributed by atoms with Crippen LogP contribution < -0.4 is 5.73 Å². The van der Waals surface area contributed by atoms with Gasteiger partial charge in [0.25, 0.3) is 0 Å². The second-order valence-corrected chi connectivity index (χ2v) is 6.48. The average Bonchev–Trinajstić information content (AvgIpc) is 2.32. The fraction of sp³-hybridized carbons (Fsp3) is 1.00. The van der Waals surface area contributed by atoms with Gasteiger partial charge in [-0.15, -0.1) is 0 Å². The highest BCUT2D eigenvalue weighted by Crippen LogP contribution is 2.20. The lowest BCUT2D eigenvalue weighted by Crippen LogP contribution is -2.40. The fourth-order valence-electron chi connectivity index (χ4n) is 2.75. The Morgan fingerprint density at radius 2 is 2.18 bits per heavy atom. The Bertz CT molecular complexity index is 181. The van der Waals surface area contributed by atoms with E-state index in [1.54, 1.807) is 0 Å². The minimum Gasteiger partial charge on any atom is -0.330 e. The first-order valence-corrected chi connectivity index (χ1v) is 8.45. The molecule has 0 aromatic heterocycles. The van der Waals surface area contributed by atoms with Gasteiger partial charge in [0.15, 0.2) is 0 Å². The van der Waals surface area contributed by atoms with Crippen LogP contribution in [-0.4, -0.2) is 42.1 Å². The van der Waals surface area contributed by atoms with Gasteiger partial charge in [-0.2, -0.15) is 11.8 Å². The van der Waals surface area contributed by atoms with Crippen molar-refractivity contribution in [2.24, 2.45) is 11.7 Å². The quantitative estimate of drug-likeness (QED) is 0.726. The number of rotatable bonds is 8. The van der Waals surface area contributed by atoms with E-state index in [0.29, 0.717) is 0 Å². The molecule has 0 aliphatic carbocycles. The molecule has 0 aromatic carbocycles. The van der Waals surface area contributed by atoms with Crippen molar-refractivity contribution in [2.75, 3.05) is 31.1 Å². The van der Waals surface area contributed by atoms with Crippen LogP contribution in [0.25, 0.3) is 0 Å². The number of nitrogens with zero attached hydrogens (tertiary/aromatic N) is 1. The van der Waals surface area contributed by atoms with Crippen LogP contribution in [0.3, 0.4) is 0 Å². The Morgan fingerprint density at radius 3 is 2.82 bits per heavy atom. The molecule has 102 valence electrons. The zero-order chi connectivity index (χ0) is 12.5. The molecule has 1 fully saturated rings. The maximum absolute atomic E-state index is 5.68. The van der Waals surface area contributed by atoms with E-state index >= 15 is 0 Å². The molecular formula is C14H30N2S. The molecule has 0 spiro atoms. The van der Waals surface area contributed by atoms with Crippen molar-refractivity contribution >= 4 is 11.8 Å². The van der Waals surface area contributed by atoms with Crippen LogP contribution in [0.4, 0.5) is 0 Å². The highest BCUT2D eigenvalue weighted by molar-refractivity contribution is 7.99. The van der Waals surface area contributed by atoms with Gasteiger partial charge in [-0.05, 0) is 45.2 Å². The van der Waals surface area contributed by atoms with E-state index in [-0.39, 0.29) is 0 Å². The summed E-state index contributed by atoms with van der Waals surface area (Å²) < 4.78 is 0. The summed E-state index contributed by atoms with van der Waals surface area (Å²) in [6.45, 7) is 8.11. The molecule has 0 bridgehead atoms. The maximum Gasteiger partial charge on any atom is 0.0158 e. The molecule has 2 nitrogen and oxygen atoms in total. The fourth-order valence-corrected chi connectivity index (χ4v) is 3.84. The minimum atomic E-state index is 0.785. The van der Waals surface area contributed by atoms with Gasteiger partial charge in [0.05, 0.1) is 0 Å². The molecule has 1 aliphatic heterocycles. The molecule has 0 radical (unpaired) electrons. The lowest BCUT2D eigenvalue weighted by atomic mass is 9.94. The first-order valence-electron chi connectivity index (χ1n) is 7.29. The van der Waals surface area contributed by atoms with E-state index in [4.69, 9.17) is 5.73 Å². The third-order valence-electron chi connectivity index (χ3n) is 3.83. The number of nitrogens with two attached hydrogens (primary N) is 1. The van der Waals surface area contributed by atoms with Gasteiger partial charge in [0, 0.05) is 24.1 Å². The lowest BCUT2D eigenvalue weighted by Gasteiger charge is -2.33. The van der Waals surface area contributed by atoms with Gasteiger partial charge >= 0.3 is 0 Å². The number of thioether (sulfide) groups is 1. The van der Waals surface area contributed by atoms with Gasteiger partial charge < -0.3 is 5.73 Å². The Labute approximate surface area is 112 Å². The number of hydrogen-bond acceptors (Lipinski definition) is 3. The summed E-state index contributed by atoms with van der Waals surface area (Å²) >= 11 is 2.10. The summed E-state index contributed by atoms with van der Waals surface area (Å²) in [5, 5.41) is 0. The smallest absolute Gasteiger partial charge is 0.0158 e. The van der Waals surface area contributed by atoms with Crippen LogP contribution >= 0.6 is 11.8 Å². The molecule has 0 saturated carbocycles.